The molecule has 1 heterocycles. The molecule has 4 nitrogen and oxygen atoms in total. The van der Waals surface area contributed by atoms with Gasteiger partial charge in [0.1, 0.15) is 11.5 Å². The van der Waals surface area contributed by atoms with Crippen LogP contribution in [0, 0.1) is 0 Å². The van der Waals surface area contributed by atoms with Crippen LogP contribution < -0.4 is 5.32 Å². The molecule has 1 N–H and O–H groups in total. The van der Waals surface area contributed by atoms with Gasteiger partial charge in [-0.15, -0.1) is 11.8 Å². The lowest BCUT2D eigenvalue weighted by molar-refractivity contribution is -0.139. The molecular formula is C12H19NO3S. The normalized spacial score (nSPS) is 10.5. The summed E-state index contributed by atoms with van der Waals surface area (Å²) in [5.41, 5.74) is 0. The minimum Gasteiger partial charge on any atom is -0.465 e. The summed E-state index contributed by atoms with van der Waals surface area (Å²) in [6.07, 6.45) is 0. The van der Waals surface area contributed by atoms with Gasteiger partial charge in [0.2, 0.25) is 0 Å². The van der Waals surface area contributed by atoms with Gasteiger partial charge in [-0.2, -0.15) is 0 Å². The van der Waals surface area contributed by atoms with E-state index < -0.39 is 0 Å². The van der Waals surface area contributed by atoms with Crippen molar-refractivity contribution in [1.82, 2.24) is 5.32 Å². The van der Waals surface area contributed by atoms with Gasteiger partial charge in [0.15, 0.2) is 0 Å². The van der Waals surface area contributed by atoms with E-state index in [4.69, 9.17) is 9.15 Å². The molecule has 0 amide bonds. The van der Waals surface area contributed by atoms with Crippen LogP contribution in [-0.2, 0) is 21.8 Å². The number of carbonyl (C=O) groups excluding carboxylic acids is 1. The predicted molar refractivity (Wildman–Crippen MR) is 68.9 cm³/mol. The smallest absolute Gasteiger partial charge is 0.315 e. The Hall–Kier alpha value is -0.940. The molecule has 5 heteroatoms. The standard InChI is InChI=1S/C12H19NO3S/c1-3-13-7-10-5-6-11(16-10)8-17-9-12(14)15-4-2/h5-6,13H,3-4,7-9H2,1-2H3. The van der Waals surface area contributed by atoms with Crippen molar-refractivity contribution in [2.45, 2.75) is 26.1 Å². The molecule has 0 atom stereocenters. The Bertz CT molecular complexity index is 338. The molecule has 1 aromatic heterocycles. The fourth-order valence-corrected chi connectivity index (χ4v) is 1.99. The van der Waals surface area contributed by atoms with Crippen molar-refractivity contribution >= 4 is 17.7 Å². The van der Waals surface area contributed by atoms with Crippen LogP contribution in [0.3, 0.4) is 0 Å². The minimum atomic E-state index is -0.170. The van der Waals surface area contributed by atoms with E-state index in [0.717, 1.165) is 24.6 Å². The number of hydrogen-bond donors (Lipinski definition) is 1. The van der Waals surface area contributed by atoms with Gasteiger partial charge >= 0.3 is 5.97 Å². The molecule has 17 heavy (non-hydrogen) atoms. The summed E-state index contributed by atoms with van der Waals surface area (Å²) in [5, 5.41) is 3.19. The van der Waals surface area contributed by atoms with Gasteiger partial charge in [-0.1, -0.05) is 6.92 Å². The SMILES string of the molecule is CCNCc1ccc(CSCC(=O)OCC)o1. The van der Waals surface area contributed by atoms with Gasteiger partial charge in [-0.25, -0.2) is 0 Å². The summed E-state index contributed by atoms with van der Waals surface area (Å²) in [5.74, 6) is 2.73. The van der Waals surface area contributed by atoms with Crippen molar-refractivity contribution in [1.29, 1.82) is 0 Å². The average Bonchev–Trinajstić information content (AvgIpc) is 2.75. The zero-order valence-corrected chi connectivity index (χ0v) is 11.1. The molecule has 0 bridgehead atoms. The molecule has 1 rings (SSSR count). The molecule has 0 aliphatic rings. The van der Waals surface area contributed by atoms with Crippen LogP contribution in [0.1, 0.15) is 25.4 Å². The van der Waals surface area contributed by atoms with Gasteiger partial charge in [0.05, 0.1) is 24.7 Å². The second kappa shape index (κ2) is 8.20. The number of nitrogens with one attached hydrogen (secondary N) is 1. The first-order valence-corrected chi connectivity index (χ1v) is 6.93. The Balaban J connectivity index is 2.22. The summed E-state index contributed by atoms with van der Waals surface area (Å²) in [6.45, 7) is 5.97. The van der Waals surface area contributed by atoms with Crippen molar-refractivity contribution in [2.24, 2.45) is 0 Å². The fourth-order valence-electron chi connectivity index (χ4n) is 1.28. The molecule has 0 aromatic carbocycles. The van der Waals surface area contributed by atoms with Crippen molar-refractivity contribution < 1.29 is 13.9 Å². The zero-order chi connectivity index (χ0) is 12.5. The van der Waals surface area contributed by atoms with E-state index in [0.29, 0.717) is 18.1 Å². The summed E-state index contributed by atoms with van der Waals surface area (Å²) >= 11 is 1.50. The Morgan fingerprint density at radius 2 is 2.18 bits per heavy atom. The highest BCUT2D eigenvalue weighted by Gasteiger charge is 2.05. The molecular weight excluding hydrogens is 238 g/mol. The maximum atomic E-state index is 11.1. The summed E-state index contributed by atoms with van der Waals surface area (Å²) < 4.78 is 10.4. The number of ether oxygens (including phenoxy) is 1. The second-order valence-corrected chi connectivity index (χ2v) is 4.43. The quantitative estimate of drug-likeness (QED) is 0.723. The molecule has 0 spiro atoms. The van der Waals surface area contributed by atoms with Crippen LogP contribution >= 0.6 is 11.8 Å². The topological polar surface area (TPSA) is 51.5 Å². The number of hydrogen-bond acceptors (Lipinski definition) is 5. The number of rotatable bonds is 8. The summed E-state index contributed by atoms with van der Waals surface area (Å²) in [7, 11) is 0. The summed E-state index contributed by atoms with van der Waals surface area (Å²) in [6, 6.07) is 3.91. The third-order valence-corrected chi connectivity index (χ3v) is 2.96. The van der Waals surface area contributed by atoms with Crippen molar-refractivity contribution in [3.63, 3.8) is 0 Å². The molecule has 0 aliphatic carbocycles. The van der Waals surface area contributed by atoms with Gasteiger partial charge in [0, 0.05) is 0 Å². The van der Waals surface area contributed by atoms with Crippen molar-refractivity contribution in [3.05, 3.63) is 23.7 Å². The third kappa shape index (κ3) is 5.79. The van der Waals surface area contributed by atoms with Crippen LogP contribution in [0.25, 0.3) is 0 Å². The largest absolute Gasteiger partial charge is 0.465 e. The van der Waals surface area contributed by atoms with Crippen molar-refractivity contribution in [3.8, 4) is 0 Å². The number of carbonyl (C=O) groups is 1. The van der Waals surface area contributed by atoms with E-state index >= 15 is 0 Å². The highest BCUT2D eigenvalue weighted by molar-refractivity contribution is 7.99. The molecule has 0 fully saturated rings. The van der Waals surface area contributed by atoms with Crippen molar-refractivity contribution in [2.75, 3.05) is 18.9 Å². The third-order valence-electron chi connectivity index (χ3n) is 2.04. The van der Waals surface area contributed by atoms with E-state index in [-0.39, 0.29) is 5.97 Å². The molecule has 0 unspecified atom stereocenters. The van der Waals surface area contributed by atoms with E-state index in [1.807, 2.05) is 19.1 Å². The van der Waals surface area contributed by atoms with Gasteiger partial charge in [-0.3, -0.25) is 4.79 Å². The Morgan fingerprint density at radius 1 is 1.41 bits per heavy atom. The molecule has 0 saturated heterocycles. The summed E-state index contributed by atoms with van der Waals surface area (Å²) in [4.78, 5) is 11.1. The number of esters is 1. The van der Waals surface area contributed by atoms with Crippen LogP contribution in [-0.4, -0.2) is 24.9 Å². The van der Waals surface area contributed by atoms with E-state index in [1.165, 1.54) is 11.8 Å². The maximum Gasteiger partial charge on any atom is 0.315 e. The van der Waals surface area contributed by atoms with E-state index in [9.17, 15) is 4.79 Å². The van der Waals surface area contributed by atoms with Crippen LogP contribution in [0.5, 0.6) is 0 Å². The lowest BCUT2D eigenvalue weighted by atomic mass is 10.4. The average molecular weight is 257 g/mol. The highest BCUT2D eigenvalue weighted by atomic mass is 32.2. The maximum absolute atomic E-state index is 11.1. The van der Waals surface area contributed by atoms with E-state index in [2.05, 4.69) is 12.2 Å². The Morgan fingerprint density at radius 3 is 2.88 bits per heavy atom. The first-order valence-electron chi connectivity index (χ1n) is 5.78. The first kappa shape index (κ1) is 14.1. The molecule has 0 saturated carbocycles. The second-order valence-electron chi connectivity index (χ2n) is 3.45. The Labute approximate surface area is 106 Å². The lowest BCUT2D eigenvalue weighted by Crippen LogP contribution is -2.10. The monoisotopic (exact) mass is 257 g/mol. The predicted octanol–water partition coefficient (Wildman–Crippen LogP) is 2.19. The van der Waals surface area contributed by atoms with Crippen LogP contribution in [0.2, 0.25) is 0 Å². The van der Waals surface area contributed by atoms with Gasteiger partial charge in [-0.05, 0) is 25.6 Å². The highest BCUT2D eigenvalue weighted by Crippen LogP contribution is 2.15. The van der Waals surface area contributed by atoms with Crippen LogP contribution in [0.4, 0.5) is 0 Å². The molecule has 1 aromatic rings. The molecule has 96 valence electrons. The first-order chi connectivity index (χ1) is 8.26. The lowest BCUT2D eigenvalue weighted by Gasteiger charge is -2.00. The van der Waals surface area contributed by atoms with E-state index in [1.54, 1.807) is 0 Å². The Kier molecular flexibility index (Phi) is 6.81. The number of furan rings is 1. The minimum absolute atomic E-state index is 0.170. The van der Waals surface area contributed by atoms with Gasteiger partial charge in [0.25, 0.3) is 0 Å². The molecule has 0 aliphatic heterocycles. The zero-order valence-electron chi connectivity index (χ0n) is 10.3. The van der Waals surface area contributed by atoms with Crippen LogP contribution in [0.15, 0.2) is 16.5 Å². The number of thioether (sulfide) groups is 1. The fraction of sp³-hybridized carbons (Fsp3) is 0.583. The van der Waals surface area contributed by atoms with Gasteiger partial charge < -0.3 is 14.5 Å². The molecule has 0 radical (unpaired) electrons.